The number of halogens is 2. The average molecular weight is 222 g/mol. The van der Waals surface area contributed by atoms with Crippen LogP contribution in [0, 0.1) is 0 Å². The largest absolute Gasteiger partial charge is 0.316 e. The number of nitrogens with one attached hydrogen (secondary N) is 2. The quantitative estimate of drug-likeness (QED) is 0.564. The first kappa shape index (κ1) is 9.51. The van der Waals surface area contributed by atoms with Gasteiger partial charge in [-0.1, -0.05) is 11.6 Å². The van der Waals surface area contributed by atoms with E-state index < -0.39 is 0 Å². The normalized spacial score (nSPS) is 9.17. The molecule has 64 valence electrons. The molecule has 0 unspecified atom stereocenters. The second-order valence-corrected chi connectivity index (χ2v) is 2.94. The van der Waals surface area contributed by atoms with Gasteiger partial charge in [-0.25, -0.2) is 4.98 Å². The van der Waals surface area contributed by atoms with Crippen LogP contribution in [0.25, 0.3) is 0 Å². The maximum absolute atomic E-state index is 5.62. The van der Waals surface area contributed by atoms with Gasteiger partial charge in [0, 0.05) is 18.0 Å². The summed E-state index contributed by atoms with van der Waals surface area (Å²) < 4.78 is 0. The molecule has 0 atom stereocenters. The fourth-order valence-electron chi connectivity index (χ4n) is 0.590. The van der Waals surface area contributed by atoms with Gasteiger partial charge in [0.15, 0.2) is 5.11 Å². The SMILES string of the molecule is S=C(NCl)Nc1ccc(Cl)cn1. The van der Waals surface area contributed by atoms with Crippen molar-refractivity contribution in [2.45, 2.75) is 0 Å². The Morgan fingerprint density at radius 1 is 1.50 bits per heavy atom. The first-order chi connectivity index (χ1) is 5.72. The molecule has 0 bridgehead atoms. The van der Waals surface area contributed by atoms with E-state index in [1.807, 2.05) is 0 Å². The van der Waals surface area contributed by atoms with Gasteiger partial charge in [0.1, 0.15) is 5.82 Å². The molecule has 0 saturated heterocycles. The zero-order valence-corrected chi connectivity index (χ0v) is 8.17. The molecule has 3 nitrogen and oxygen atoms in total. The number of hydrogen-bond donors (Lipinski definition) is 2. The zero-order chi connectivity index (χ0) is 8.97. The van der Waals surface area contributed by atoms with Gasteiger partial charge in [0.2, 0.25) is 0 Å². The summed E-state index contributed by atoms with van der Waals surface area (Å²) >= 11 is 15.6. The molecule has 6 heteroatoms. The van der Waals surface area contributed by atoms with Crippen molar-refractivity contribution < 1.29 is 0 Å². The van der Waals surface area contributed by atoms with E-state index in [0.29, 0.717) is 16.0 Å². The van der Waals surface area contributed by atoms with E-state index >= 15 is 0 Å². The monoisotopic (exact) mass is 221 g/mol. The van der Waals surface area contributed by atoms with Gasteiger partial charge in [-0.2, -0.15) is 0 Å². The first-order valence-electron chi connectivity index (χ1n) is 3.01. The molecule has 1 heterocycles. The fraction of sp³-hybridized carbons (Fsp3) is 0. The lowest BCUT2D eigenvalue weighted by Crippen LogP contribution is -2.20. The number of rotatable bonds is 1. The van der Waals surface area contributed by atoms with Crippen LogP contribution in [0.15, 0.2) is 18.3 Å². The van der Waals surface area contributed by atoms with Gasteiger partial charge < -0.3 is 5.32 Å². The molecule has 0 spiro atoms. The molecule has 0 aliphatic carbocycles. The lowest BCUT2D eigenvalue weighted by molar-refractivity contribution is 1.31. The van der Waals surface area contributed by atoms with Crippen molar-refractivity contribution in [1.82, 2.24) is 9.82 Å². The highest BCUT2D eigenvalue weighted by Crippen LogP contribution is 2.09. The minimum atomic E-state index is 0.298. The highest BCUT2D eigenvalue weighted by atomic mass is 35.5. The molecular formula is C6H5Cl2N3S. The fourth-order valence-corrected chi connectivity index (χ4v) is 0.853. The number of pyridine rings is 1. The molecule has 0 fully saturated rings. The van der Waals surface area contributed by atoms with E-state index in [1.54, 1.807) is 12.1 Å². The Morgan fingerprint density at radius 3 is 2.75 bits per heavy atom. The first-order valence-corrected chi connectivity index (χ1v) is 4.18. The third-order valence-corrected chi connectivity index (χ3v) is 1.78. The van der Waals surface area contributed by atoms with Crippen LogP contribution in [-0.2, 0) is 0 Å². The van der Waals surface area contributed by atoms with Crippen LogP contribution in [0.2, 0.25) is 5.02 Å². The van der Waals surface area contributed by atoms with E-state index in [-0.39, 0.29) is 0 Å². The zero-order valence-electron chi connectivity index (χ0n) is 5.84. The lowest BCUT2D eigenvalue weighted by atomic mass is 10.5. The van der Waals surface area contributed by atoms with Gasteiger partial charge in [-0.3, -0.25) is 4.84 Å². The predicted octanol–water partition coefficient (Wildman–Crippen LogP) is 2.18. The van der Waals surface area contributed by atoms with Gasteiger partial charge in [-0.15, -0.1) is 0 Å². The number of aromatic nitrogens is 1. The van der Waals surface area contributed by atoms with Gasteiger partial charge in [-0.05, 0) is 24.4 Å². The molecule has 0 aromatic carbocycles. The molecule has 1 aromatic heterocycles. The minimum absolute atomic E-state index is 0.298. The lowest BCUT2D eigenvalue weighted by Gasteiger charge is -2.03. The summed E-state index contributed by atoms with van der Waals surface area (Å²) in [5.74, 6) is 0.595. The van der Waals surface area contributed by atoms with Crippen molar-refractivity contribution in [2.24, 2.45) is 0 Å². The molecule has 2 N–H and O–H groups in total. The summed E-state index contributed by atoms with van der Waals surface area (Å²) in [6.07, 6.45) is 1.51. The Morgan fingerprint density at radius 2 is 2.25 bits per heavy atom. The maximum atomic E-state index is 5.62. The maximum Gasteiger partial charge on any atom is 0.186 e. The van der Waals surface area contributed by atoms with E-state index in [0.717, 1.165) is 0 Å². The molecule has 12 heavy (non-hydrogen) atoms. The molecular weight excluding hydrogens is 217 g/mol. The van der Waals surface area contributed by atoms with Crippen LogP contribution in [0.5, 0.6) is 0 Å². The van der Waals surface area contributed by atoms with Crippen molar-refractivity contribution in [2.75, 3.05) is 5.32 Å². The molecule has 0 aliphatic rings. The average Bonchev–Trinajstić information content (AvgIpc) is 2.09. The van der Waals surface area contributed by atoms with Crippen molar-refractivity contribution in [3.63, 3.8) is 0 Å². The molecule has 1 aromatic rings. The van der Waals surface area contributed by atoms with Crippen LogP contribution in [0.1, 0.15) is 0 Å². The molecule has 0 radical (unpaired) electrons. The van der Waals surface area contributed by atoms with Crippen LogP contribution in [0.3, 0.4) is 0 Å². The highest BCUT2D eigenvalue weighted by Gasteiger charge is 1.95. The second-order valence-electron chi connectivity index (χ2n) is 1.91. The number of hydrogen-bond acceptors (Lipinski definition) is 2. The minimum Gasteiger partial charge on any atom is -0.316 e. The summed E-state index contributed by atoms with van der Waals surface area (Å²) in [5, 5.41) is 3.61. The number of anilines is 1. The highest BCUT2D eigenvalue weighted by molar-refractivity contribution is 7.80. The third-order valence-electron chi connectivity index (χ3n) is 1.05. The van der Waals surface area contributed by atoms with Gasteiger partial charge in [0.25, 0.3) is 0 Å². The van der Waals surface area contributed by atoms with Crippen molar-refractivity contribution in [3.8, 4) is 0 Å². The van der Waals surface area contributed by atoms with E-state index in [4.69, 9.17) is 35.6 Å². The summed E-state index contributed by atoms with van der Waals surface area (Å²) in [6, 6.07) is 3.40. The summed E-state index contributed by atoms with van der Waals surface area (Å²) in [6.45, 7) is 0. The van der Waals surface area contributed by atoms with Crippen molar-refractivity contribution in [1.29, 1.82) is 0 Å². The molecule has 0 amide bonds. The molecule has 0 aliphatic heterocycles. The van der Waals surface area contributed by atoms with Crippen LogP contribution in [0.4, 0.5) is 5.82 Å². The van der Waals surface area contributed by atoms with Gasteiger partial charge >= 0.3 is 0 Å². The Labute approximate surface area is 85.2 Å². The Kier molecular flexibility index (Phi) is 3.52. The second kappa shape index (κ2) is 4.45. The topological polar surface area (TPSA) is 37.0 Å². The van der Waals surface area contributed by atoms with Crippen LogP contribution in [-0.4, -0.2) is 10.1 Å². The third kappa shape index (κ3) is 2.81. The Bertz CT molecular complexity index is 275. The van der Waals surface area contributed by atoms with E-state index in [1.165, 1.54) is 6.20 Å². The van der Waals surface area contributed by atoms with Crippen LogP contribution < -0.4 is 10.2 Å². The smallest absolute Gasteiger partial charge is 0.186 e. The standard InChI is InChI=1S/C6H5Cl2N3S/c7-4-1-2-5(9-3-4)10-6(12)11-8/h1-3H,(H2,9,10,11,12). The van der Waals surface area contributed by atoms with E-state index in [2.05, 4.69) is 15.1 Å². The predicted molar refractivity (Wildman–Crippen MR) is 54.5 cm³/mol. The summed E-state index contributed by atoms with van der Waals surface area (Å²) in [7, 11) is 0. The molecule has 0 saturated carbocycles. The van der Waals surface area contributed by atoms with Crippen molar-refractivity contribution >= 4 is 46.5 Å². The van der Waals surface area contributed by atoms with Gasteiger partial charge in [0.05, 0.1) is 5.02 Å². The number of thiocarbonyl (C=S) groups is 1. The Balaban J connectivity index is 2.64. The Hall–Kier alpha value is -0.580. The van der Waals surface area contributed by atoms with Crippen LogP contribution >= 0.6 is 35.6 Å². The molecule has 1 rings (SSSR count). The number of nitrogens with zero attached hydrogens (tertiary/aromatic N) is 1. The summed E-state index contributed by atoms with van der Waals surface area (Å²) in [4.78, 5) is 6.18. The van der Waals surface area contributed by atoms with E-state index in [9.17, 15) is 0 Å². The van der Waals surface area contributed by atoms with Crippen molar-refractivity contribution in [3.05, 3.63) is 23.4 Å². The summed E-state index contributed by atoms with van der Waals surface area (Å²) in [5.41, 5.74) is 0.